The summed E-state index contributed by atoms with van der Waals surface area (Å²) >= 11 is 0. The first kappa shape index (κ1) is 19.9. The number of carbonyl (C=O) groups excluding carboxylic acids is 1. The quantitative estimate of drug-likeness (QED) is 0.443. The van der Waals surface area contributed by atoms with Crippen molar-refractivity contribution >= 4 is 22.6 Å². The second kappa shape index (κ2) is 7.60. The van der Waals surface area contributed by atoms with Gasteiger partial charge in [0.1, 0.15) is 23.0 Å². The van der Waals surface area contributed by atoms with Crippen LogP contribution >= 0.6 is 0 Å². The molecule has 32 heavy (non-hydrogen) atoms. The average molecular weight is 433 g/mol. The molecule has 0 fully saturated rings. The minimum atomic E-state index is -0.831. The normalized spacial score (nSPS) is 15.3. The van der Waals surface area contributed by atoms with Crippen LogP contribution in [0.3, 0.4) is 0 Å². The number of amides is 1. The Balaban J connectivity index is 1.76. The van der Waals surface area contributed by atoms with E-state index in [1.807, 2.05) is 6.92 Å². The first-order valence-electron chi connectivity index (χ1n) is 10.1. The van der Waals surface area contributed by atoms with Gasteiger partial charge in [-0.25, -0.2) is 8.78 Å². The Bertz CT molecular complexity index is 1390. The Hall–Kier alpha value is -4.00. The van der Waals surface area contributed by atoms with Crippen molar-refractivity contribution in [3.8, 4) is 5.75 Å². The zero-order valence-corrected chi connectivity index (χ0v) is 17.0. The molecule has 4 aromatic rings. The van der Waals surface area contributed by atoms with Crippen molar-refractivity contribution in [2.45, 2.75) is 13.0 Å². The van der Waals surface area contributed by atoms with Gasteiger partial charge in [-0.2, -0.15) is 0 Å². The molecule has 1 aliphatic rings. The number of hydrogen-bond donors (Lipinski definition) is 0. The van der Waals surface area contributed by atoms with Gasteiger partial charge >= 0.3 is 0 Å². The Kier molecular flexibility index (Phi) is 4.74. The maximum absolute atomic E-state index is 13.9. The van der Waals surface area contributed by atoms with E-state index in [2.05, 4.69) is 0 Å². The van der Waals surface area contributed by atoms with E-state index in [-0.39, 0.29) is 22.3 Å². The van der Waals surface area contributed by atoms with E-state index in [1.54, 1.807) is 24.3 Å². The molecule has 1 amide bonds. The van der Waals surface area contributed by atoms with Gasteiger partial charge in [0.15, 0.2) is 5.43 Å². The minimum Gasteiger partial charge on any atom is -0.494 e. The largest absolute Gasteiger partial charge is 0.494 e. The second-order valence-corrected chi connectivity index (χ2v) is 7.37. The molecule has 5 rings (SSSR count). The summed E-state index contributed by atoms with van der Waals surface area (Å²) in [6.07, 6.45) is 0. The summed E-state index contributed by atoms with van der Waals surface area (Å²) in [5, 5.41) is 0.0495. The number of hydrogen-bond acceptors (Lipinski definition) is 4. The third-order valence-electron chi connectivity index (χ3n) is 5.44. The van der Waals surface area contributed by atoms with Crippen molar-refractivity contribution in [1.29, 1.82) is 0 Å². The highest BCUT2D eigenvalue weighted by Gasteiger charge is 2.43. The van der Waals surface area contributed by atoms with E-state index >= 15 is 0 Å². The summed E-state index contributed by atoms with van der Waals surface area (Å²) in [4.78, 5) is 28.2. The number of carbonyl (C=O) groups is 1. The summed E-state index contributed by atoms with van der Waals surface area (Å²) in [7, 11) is 0. The molecule has 0 saturated carbocycles. The smallest absolute Gasteiger partial charge is 0.295 e. The van der Waals surface area contributed by atoms with Gasteiger partial charge in [0.25, 0.3) is 5.91 Å². The van der Waals surface area contributed by atoms with Crippen LogP contribution in [0.25, 0.3) is 11.0 Å². The molecule has 7 heteroatoms. The lowest BCUT2D eigenvalue weighted by Crippen LogP contribution is -2.29. The molecule has 0 radical (unpaired) electrons. The number of fused-ring (bicyclic) bond motifs is 2. The zero-order valence-electron chi connectivity index (χ0n) is 17.0. The molecule has 1 aliphatic heterocycles. The highest BCUT2D eigenvalue weighted by Crippen LogP contribution is 2.41. The highest BCUT2D eigenvalue weighted by atomic mass is 19.1. The van der Waals surface area contributed by atoms with Crippen LogP contribution in [-0.4, -0.2) is 12.5 Å². The third kappa shape index (κ3) is 3.13. The molecule has 0 spiro atoms. The van der Waals surface area contributed by atoms with Crippen LogP contribution in [0.5, 0.6) is 5.75 Å². The van der Waals surface area contributed by atoms with Crippen LogP contribution in [0, 0.1) is 11.6 Å². The van der Waals surface area contributed by atoms with Crippen molar-refractivity contribution in [1.82, 2.24) is 0 Å². The van der Waals surface area contributed by atoms with E-state index in [0.29, 0.717) is 23.6 Å². The van der Waals surface area contributed by atoms with Gasteiger partial charge < -0.3 is 9.15 Å². The van der Waals surface area contributed by atoms with Gasteiger partial charge in [0, 0.05) is 5.69 Å². The SMILES string of the molecule is CCOc1ccc(C2c3c(oc4ccc(F)cc4c3=O)C(=O)N2c2ccc(F)cc2)cc1. The van der Waals surface area contributed by atoms with Crippen LogP contribution < -0.4 is 15.1 Å². The van der Waals surface area contributed by atoms with Gasteiger partial charge in [0.05, 0.1) is 23.6 Å². The lowest BCUT2D eigenvalue weighted by molar-refractivity contribution is 0.0971. The van der Waals surface area contributed by atoms with Gasteiger partial charge in [-0.05, 0) is 67.1 Å². The zero-order chi connectivity index (χ0) is 22.4. The Morgan fingerprint density at radius 1 is 0.938 bits per heavy atom. The summed E-state index contributed by atoms with van der Waals surface area (Å²) < 4.78 is 38.7. The van der Waals surface area contributed by atoms with Gasteiger partial charge in [-0.3, -0.25) is 14.5 Å². The first-order valence-corrected chi connectivity index (χ1v) is 10.1. The fourth-order valence-corrected chi connectivity index (χ4v) is 4.04. The fourth-order valence-electron chi connectivity index (χ4n) is 4.04. The molecule has 0 aliphatic carbocycles. The molecule has 0 saturated heterocycles. The van der Waals surface area contributed by atoms with Crippen LogP contribution in [0.15, 0.2) is 75.9 Å². The molecule has 1 atom stereocenters. The monoisotopic (exact) mass is 433 g/mol. The summed E-state index contributed by atoms with van der Waals surface area (Å²) in [6.45, 7) is 2.36. The number of rotatable bonds is 4. The Morgan fingerprint density at radius 3 is 2.31 bits per heavy atom. The van der Waals surface area contributed by atoms with E-state index in [0.717, 1.165) is 6.07 Å². The van der Waals surface area contributed by atoms with E-state index < -0.39 is 29.0 Å². The topological polar surface area (TPSA) is 59.8 Å². The standard InChI is InChI=1S/C25H17F2NO4/c1-2-31-18-10-3-14(4-11-18)22-21-23(29)19-13-16(27)7-12-20(19)32-24(21)25(30)28(22)17-8-5-15(26)6-9-17/h3-13,22H,2H2,1H3. The van der Waals surface area contributed by atoms with E-state index in [9.17, 15) is 18.4 Å². The van der Waals surface area contributed by atoms with Gasteiger partial charge in [-0.1, -0.05) is 12.1 Å². The average Bonchev–Trinajstić information content (AvgIpc) is 3.08. The van der Waals surface area contributed by atoms with Crippen LogP contribution in [0.2, 0.25) is 0 Å². The molecule has 0 bridgehead atoms. The number of ether oxygens (including phenoxy) is 1. The molecule has 5 nitrogen and oxygen atoms in total. The molecular formula is C25H17F2NO4. The lowest BCUT2D eigenvalue weighted by atomic mass is 9.98. The minimum absolute atomic E-state index is 0.0495. The molecule has 3 aromatic carbocycles. The second-order valence-electron chi connectivity index (χ2n) is 7.37. The van der Waals surface area contributed by atoms with Crippen LogP contribution in [-0.2, 0) is 0 Å². The Morgan fingerprint density at radius 2 is 1.62 bits per heavy atom. The third-order valence-corrected chi connectivity index (χ3v) is 5.44. The van der Waals surface area contributed by atoms with Crippen molar-refractivity contribution in [3.63, 3.8) is 0 Å². The van der Waals surface area contributed by atoms with Crippen LogP contribution in [0.4, 0.5) is 14.5 Å². The first-order chi connectivity index (χ1) is 15.5. The molecule has 0 N–H and O–H groups in total. The Labute approximate surface area is 181 Å². The van der Waals surface area contributed by atoms with Crippen molar-refractivity contribution in [2.75, 3.05) is 11.5 Å². The number of benzene rings is 3. The molecular weight excluding hydrogens is 416 g/mol. The lowest BCUT2D eigenvalue weighted by Gasteiger charge is -2.25. The summed E-state index contributed by atoms with van der Waals surface area (Å²) in [6, 6.07) is 15.2. The summed E-state index contributed by atoms with van der Waals surface area (Å²) in [5.41, 5.74) is 0.776. The van der Waals surface area contributed by atoms with Crippen molar-refractivity contribution < 1.29 is 22.7 Å². The number of anilines is 1. The summed E-state index contributed by atoms with van der Waals surface area (Å²) in [5.74, 6) is -1.04. The number of nitrogens with zero attached hydrogens (tertiary/aromatic N) is 1. The van der Waals surface area contributed by atoms with Crippen molar-refractivity contribution in [2.24, 2.45) is 0 Å². The van der Waals surface area contributed by atoms with Crippen LogP contribution in [0.1, 0.15) is 34.6 Å². The molecule has 160 valence electrons. The van der Waals surface area contributed by atoms with Gasteiger partial charge in [-0.15, -0.1) is 0 Å². The number of halogens is 2. The predicted octanol–water partition coefficient (Wildman–Crippen LogP) is 5.22. The van der Waals surface area contributed by atoms with E-state index in [4.69, 9.17) is 9.15 Å². The maximum atomic E-state index is 13.9. The van der Waals surface area contributed by atoms with E-state index in [1.165, 1.54) is 41.3 Å². The van der Waals surface area contributed by atoms with Crippen molar-refractivity contribution in [3.05, 3.63) is 105 Å². The highest BCUT2D eigenvalue weighted by molar-refractivity contribution is 6.10. The molecule has 1 unspecified atom stereocenters. The van der Waals surface area contributed by atoms with Gasteiger partial charge in [0.2, 0.25) is 5.76 Å². The molecule has 1 aromatic heterocycles. The molecule has 2 heterocycles. The predicted molar refractivity (Wildman–Crippen MR) is 115 cm³/mol. The maximum Gasteiger partial charge on any atom is 0.295 e. The fraction of sp³-hybridized carbons (Fsp3) is 0.120.